The summed E-state index contributed by atoms with van der Waals surface area (Å²) in [6, 6.07) is 1.39. The van der Waals surface area contributed by atoms with Gasteiger partial charge in [0.15, 0.2) is 10.8 Å². The second-order valence-corrected chi connectivity index (χ2v) is 7.60. The first-order valence-electron chi connectivity index (χ1n) is 8.67. The number of halogens is 2. The van der Waals surface area contributed by atoms with Gasteiger partial charge in [-0.25, -0.2) is 18.7 Å². The molecule has 6 nitrogen and oxygen atoms in total. The van der Waals surface area contributed by atoms with Crippen LogP contribution in [0, 0.1) is 6.92 Å². The molecule has 0 bridgehead atoms. The van der Waals surface area contributed by atoms with E-state index in [0.717, 1.165) is 18.5 Å². The molecular weight excluding hydrogens is 362 g/mol. The van der Waals surface area contributed by atoms with Gasteiger partial charge in [0.25, 0.3) is 5.92 Å². The highest BCUT2D eigenvalue weighted by Crippen LogP contribution is 2.39. The Hall–Kier alpha value is -1.87. The van der Waals surface area contributed by atoms with Gasteiger partial charge in [-0.1, -0.05) is 0 Å². The Morgan fingerprint density at radius 3 is 2.65 bits per heavy atom. The lowest BCUT2D eigenvalue weighted by atomic mass is 9.88. The van der Waals surface area contributed by atoms with Gasteiger partial charge < -0.3 is 14.8 Å². The van der Waals surface area contributed by atoms with E-state index in [4.69, 9.17) is 9.47 Å². The first kappa shape index (κ1) is 17.5. The van der Waals surface area contributed by atoms with Crippen molar-refractivity contribution in [2.24, 2.45) is 0 Å². The Morgan fingerprint density at radius 1 is 1.23 bits per heavy atom. The van der Waals surface area contributed by atoms with E-state index in [1.165, 1.54) is 11.3 Å². The van der Waals surface area contributed by atoms with Crippen LogP contribution < -0.4 is 10.1 Å². The van der Waals surface area contributed by atoms with Crippen LogP contribution in [0.1, 0.15) is 31.4 Å². The van der Waals surface area contributed by atoms with E-state index in [2.05, 4.69) is 20.3 Å². The number of hydrogen-bond acceptors (Lipinski definition) is 7. The summed E-state index contributed by atoms with van der Waals surface area (Å²) in [5.41, 5.74) is 0.887. The summed E-state index contributed by atoms with van der Waals surface area (Å²) < 4.78 is 37.6. The molecule has 2 fully saturated rings. The Labute approximate surface area is 154 Å². The minimum Gasteiger partial charge on any atom is -0.474 e. The third-order valence-corrected chi connectivity index (χ3v) is 5.37. The number of thiazole rings is 1. The fraction of sp³-hybridized carbons (Fsp3) is 0.588. The molecule has 1 saturated heterocycles. The zero-order chi connectivity index (χ0) is 18.1. The molecule has 0 radical (unpaired) electrons. The molecule has 0 amide bonds. The standard InChI is InChI=1S/C17H20F2N4O2S/c1-10-9-26-16(20-10)15-22-13(21-11-7-17(18,19)8-11)6-14(23-15)25-12-2-4-24-5-3-12/h6,9,11-12H,2-5,7-8H2,1H3,(H,21,22,23). The predicted octanol–water partition coefficient (Wildman–Crippen LogP) is 3.68. The molecule has 2 aromatic rings. The van der Waals surface area contributed by atoms with Gasteiger partial charge in [0.2, 0.25) is 5.88 Å². The average Bonchev–Trinajstić information content (AvgIpc) is 3.00. The number of anilines is 1. The largest absolute Gasteiger partial charge is 0.474 e. The molecule has 3 heterocycles. The normalized spacial score (nSPS) is 20.6. The van der Waals surface area contributed by atoms with Crippen molar-refractivity contribution in [2.45, 2.75) is 50.7 Å². The molecule has 1 N–H and O–H groups in total. The van der Waals surface area contributed by atoms with Crippen molar-refractivity contribution in [1.29, 1.82) is 0 Å². The molecule has 1 saturated carbocycles. The van der Waals surface area contributed by atoms with Gasteiger partial charge in [0.1, 0.15) is 11.9 Å². The molecule has 4 rings (SSSR count). The molecule has 26 heavy (non-hydrogen) atoms. The fourth-order valence-corrected chi connectivity index (χ4v) is 3.78. The van der Waals surface area contributed by atoms with Crippen LogP contribution in [0.4, 0.5) is 14.6 Å². The second-order valence-electron chi connectivity index (χ2n) is 6.74. The van der Waals surface area contributed by atoms with Gasteiger partial charge in [0, 0.05) is 48.9 Å². The van der Waals surface area contributed by atoms with Crippen molar-refractivity contribution >= 4 is 17.2 Å². The maximum absolute atomic E-state index is 13.1. The van der Waals surface area contributed by atoms with Crippen molar-refractivity contribution in [2.75, 3.05) is 18.5 Å². The summed E-state index contributed by atoms with van der Waals surface area (Å²) in [6.45, 7) is 3.23. The second kappa shape index (κ2) is 7.03. The van der Waals surface area contributed by atoms with E-state index in [-0.39, 0.29) is 25.0 Å². The van der Waals surface area contributed by atoms with Gasteiger partial charge in [-0.3, -0.25) is 0 Å². The van der Waals surface area contributed by atoms with Gasteiger partial charge >= 0.3 is 0 Å². The monoisotopic (exact) mass is 382 g/mol. The fourth-order valence-electron chi connectivity index (χ4n) is 3.05. The van der Waals surface area contributed by atoms with Crippen molar-refractivity contribution in [3.05, 3.63) is 17.1 Å². The zero-order valence-electron chi connectivity index (χ0n) is 14.4. The van der Waals surface area contributed by atoms with E-state index in [9.17, 15) is 8.78 Å². The number of nitrogens with zero attached hydrogens (tertiary/aromatic N) is 3. The summed E-state index contributed by atoms with van der Waals surface area (Å²) in [5, 5.41) is 5.67. The van der Waals surface area contributed by atoms with E-state index < -0.39 is 5.92 Å². The molecule has 140 valence electrons. The Bertz CT molecular complexity index is 772. The predicted molar refractivity (Wildman–Crippen MR) is 93.9 cm³/mol. The Morgan fingerprint density at radius 2 is 2.00 bits per heavy atom. The number of alkyl halides is 2. The van der Waals surface area contributed by atoms with Crippen LogP contribution >= 0.6 is 11.3 Å². The van der Waals surface area contributed by atoms with Crippen LogP contribution in [0.25, 0.3) is 10.8 Å². The molecule has 2 aliphatic rings. The van der Waals surface area contributed by atoms with E-state index in [0.29, 0.717) is 35.7 Å². The number of nitrogens with one attached hydrogen (secondary N) is 1. The van der Waals surface area contributed by atoms with Crippen molar-refractivity contribution in [3.63, 3.8) is 0 Å². The molecule has 1 aliphatic carbocycles. The van der Waals surface area contributed by atoms with Crippen molar-refractivity contribution < 1.29 is 18.3 Å². The summed E-state index contributed by atoms with van der Waals surface area (Å²) in [5.74, 6) is -1.21. The number of aryl methyl sites for hydroxylation is 1. The lowest BCUT2D eigenvalue weighted by Gasteiger charge is -2.35. The summed E-state index contributed by atoms with van der Waals surface area (Å²) in [4.78, 5) is 13.3. The lowest BCUT2D eigenvalue weighted by Crippen LogP contribution is -2.44. The highest BCUT2D eigenvalue weighted by molar-refractivity contribution is 7.13. The average molecular weight is 382 g/mol. The third kappa shape index (κ3) is 4.09. The van der Waals surface area contributed by atoms with E-state index in [1.807, 2.05) is 12.3 Å². The molecule has 0 aromatic carbocycles. The first-order valence-corrected chi connectivity index (χ1v) is 9.55. The van der Waals surface area contributed by atoms with Crippen LogP contribution in [0.5, 0.6) is 5.88 Å². The van der Waals surface area contributed by atoms with Crippen molar-refractivity contribution in [3.8, 4) is 16.7 Å². The minimum atomic E-state index is -2.58. The molecular formula is C17H20F2N4O2S. The first-order chi connectivity index (χ1) is 12.5. The highest BCUT2D eigenvalue weighted by atomic mass is 32.1. The van der Waals surface area contributed by atoms with Crippen LogP contribution in [0.3, 0.4) is 0 Å². The molecule has 0 spiro atoms. The van der Waals surface area contributed by atoms with Gasteiger partial charge in [-0.15, -0.1) is 11.3 Å². The maximum Gasteiger partial charge on any atom is 0.252 e. The van der Waals surface area contributed by atoms with E-state index in [1.54, 1.807) is 6.07 Å². The lowest BCUT2D eigenvalue weighted by molar-refractivity contribution is -0.0794. The quantitative estimate of drug-likeness (QED) is 0.851. The minimum absolute atomic E-state index is 0.0328. The Balaban J connectivity index is 1.56. The number of ether oxygens (including phenoxy) is 2. The summed E-state index contributed by atoms with van der Waals surface area (Å²) in [6.07, 6.45) is 1.27. The topological polar surface area (TPSA) is 69.2 Å². The van der Waals surface area contributed by atoms with E-state index >= 15 is 0 Å². The number of hydrogen-bond donors (Lipinski definition) is 1. The van der Waals surface area contributed by atoms with Crippen molar-refractivity contribution in [1.82, 2.24) is 15.0 Å². The van der Waals surface area contributed by atoms with Gasteiger partial charge in [-0.2, -0.15) is 4.98 Å². The Kier molecular flexibility index (Phi) is 4.74. The summed E-state index contributed by atoms with van der Waals surface area (Å²) in [7, 11) is 0. The molecule has 1 aliphatic heterocycles. The van der Waals surface area contributed by atoms with Crippen LogP contribution in [-0.4, -0.2) is 46.2 Å². The van der Waals surface area contributed by atoms with Gasteiger partial charge in [0.05, 0.1) is 13.2 Å². The number of aromatic nitrogens is 3. The molecule has 2 aromatic heterocycles. The summed E-state index contributed by atoms with van der Waals surface area (Å²) >= 11 is 1.45. The molecule has 0 unspecified atom stereocenters. The maximum atomic E-state index is 13.1. The van der Waals surface area contributed by atoms with Crippen LogP contribution in [0.2, 0.25) is 0 Å². The number of rotatable bonds is 5. The molecule has 0 atom stereocenters. The van der Waals surface area contributed by atoms with Crippen LogP contribution in [0.15, 0.2) is 11.4 Å². The van der Waals surface area contributed by atoms with Crippen LogP contribution in [-0.2, 0) is 4.74 Å². The smallest absolute Gasteiger partial charge is 0.252 e. The zero-order valence-corrected chi connectivity index (χ0v) is 15.2. The molecule has 9 heteroatoms. The SMILES string of the molecule is Cc1csc(-c2nc(NC3CC(F)(F)C3)cc(OC3CCOCC3)n2)n1. The highest BCUT2D eigenvalue weighted by Gasteiger charge is 2.45. The third-order valence-electron chi connectivity index (χ3n) is 4.41. The van der Waals surface area contributed by atoms with Gasteiger partial charge in [-0.05, 0) is 6.92 Å².